The maximum Gasteiger partial charge on any atom is 0.307 e. The van der Waals surface area contributed by atoms with Crippen molar-refractivity contribution in [2.75, 3.05) is 13.2 Å². The standard InChI is InChI=1S/C17H20N2O4/c20-16(18-8-3-11-19-9-1-2-10-19)13-23-15-6-4-14(5-7-15)12-17(21)22/h1-2,4-7,9-10H,3,8,11-13H2,(H,18,20)(H,21,22). The largest absolute Gasteiger partial charge is 0.484 e. The van der Waals surface area contributed by atoms with E-state index in [0.29, 0.717) is 17.9 Å². The molecule has 0 unspecified atom stereocenters. The van der Waals surface area contributed by atoms with Gasteiger partial charge in [0.05, 0.1) is 6.42 Å². The van der Waals surface area contributed by atoms with E-state index >= 15 is 0 Å². The zero-order valence-electron chi connectivity index (χ0n) is 12.8. The van der Waals surface area contributed by atoms with Crippen molar-refractivity contribution in [1.82, 2.24) is 9.88 Å². The van der Waals surface area contributed by atoms with Crippen LogP contribution in [0.5, 0.6) is 5.75 Å². The molecule has 1 aromatic heterocycles. The number of nitrogens with zero attached hydrogens (tertiary/aromatic N) is 1. The first kappa shape index (κ1) is 16.6. The summed E-state index contributed by atoms with van der Waals surface area (Å²) in [5, 5.41) is 11.5. The number of aryl methyl sites for hydroxylation is 1. The summed E-state index contributed by atoms with van der Waals surface area (Å²) in [5.41, 5.74) is 0.694. The predicted molar refractivity (Wildman–Crippen MR) is 85.3 cm³/mol. The molecule has 1 amide bonds. The van der Waals surface area contributed by atoms with E-state index in [2.05, 4.69) is 9.88 Å². The first-order chi connectivity index (χ1) is 11.1. The summed E-state index contributed by atoms with van der Waals surface area (Å²) >= 11 is 0. The summed E-state index contributed by atoms with van der Waals surface area (Å²) in [7, 11) is 0. The third-order valence-corrected chi connectivity index (χ3v) is 3.23. The van der Waals surface area contributed by atoms with E-state index in [-0.39, 0.29) is 18.9 Å². The summed E-state index contributed by atoms with van der Waals surface area (Å²) in [5.74, 6) is -0.508. The van der Waals surface area contributed by atoms with E-state index in [1.54, 1.807) is 24.3 Å². The molecule has 0 atom stereocenters. The minimum atomic E-state index is -0.877. The van der Waals surface area contributed by atoms with E-state index in [4.69, 9.17) is 9.84 Å². The molecule has 23 heavy (non-hydrogen) atoms. The molecule has 0 saturated heterocycles. The number of hydrogen-bond donors (Lipinski definition) is 2. The highest BCUT2D eigenvalue weighted by Crippen LogP contribution is 2.12. The van der Waals surface area contributed by atoms with Crippen LogP contribution in [0.2, 0.25) is 0 Å². The second kappa shape index (κ2) is 8.63. The van der Waals surface area contributed by atoms with Gasteiger partial charge in [0.1, 0.15) is 5.75 Å². The van der Waals surface area contributed by atoms with Crippen molar-refractivity contribution in [3.05, 3.63) is 54.4 Å². The van der Waals surface area contributed by atoms with Gasteiger partial charge in [-0.15, -0.1) is 0 Å². The van der Waals surface area contributed by atoms with Crippen LogP contribution in [0, 0.1) is 0 Å². The Hall–Kier alpha value is -2.76. The Bertz CT molecular complexity index is 621. The van der Waals surface area contributed by atoms with Gasteiger partial charge in [0, 0.05) is 25.5 Å². The highest BCUT2D eigenvalue weighted by atomic mass is 16.5. The summed E-state index contributed by atoms with van der Waals surface area (Å²) < 4.78 is 7.42. The van der Waals surface area contributed by atoms with Crippen molar-refractivity contribution in [3.8, 4) is 5.75 Å². The molecule has 0 aliphatic rings. The van der Waals surface area contributed by atoms with Gasteiger partial charge in [-0.2, -0.15) is 0 Å². The van der Waals surface area contributed by atoms with Gasteiger partial charge < -0.3 is 19.7 Å². The lowest BCUT2D eigenvalue weighted by molar-refractivity contribution is -0.136. The smallest absolute Gasteiger partial charge is 0.307 e. The molecule has 2 aromatic rings. The third-order valence-electron chi connectivity index (χ3n) is 3.23. The van der Waals surface area contributed by atoms with Crippen LogP contribution in [0.3, 0.4) is 0 Å². The number of benzene rings is 1. The van der Waals surface area contributed by atoms with E-state index in [0.717, 1.165) is 13.0 Å². The van der Waals surface area contributed by atoms with Crippen molar-refractivity contribution in [3.63, 3.8) is 0 Å². The normalized spacial score (nSPS) is 10.3. The van der Waals surface area contributed by atoms with E-state index < -0.39 is 5.97 Å². The maximum atomic E-state index is 11.7. The second-order valence-corrected chi connectivity index (χ2v) is 5.13. The van der Waals surface area contributed by atoms with Crippen LogP contribution in [0.4, 0.5) is 0 Å². The molecule has 122 valence electrons. The fourth-order valence-electron chi connectivity index (χ4n) is 2.09. The van der Waals surface area contributed by atoms with Crippen LogP contribution in [0.15, 0.2) is 48.8 Å². The van der Waals surface area contributed by atoms with Crippen LogP contribution in [-0.2, 0) is 22.6 Å². The number of carbonyl (C=O) groups excluding carboxylic acids is 1. The maximum absolute atomic E-state index is 11.7. The summed E-state index contributed by atoms with van der Waals surface area (Å²) in [6.07, 6.45) is 4.80. The number of rotatable bonds is 9. The molecule has 0 fully saturated rings. The molecular formula is C17H20N2O4. The third kappa shape index (κ3) is 6.25. The lowest BCUT2D eigenvalue weighted by atomic mass is 10.1. The number of ether oxygens (including phenoxy) is 1. The summed E-state index contributed by atoms with van der Waals surface area (Å²) in [6, 6.07) is 10.6. The van der Waals surface area contributed by atoms with Crippen LogP contribution in [0.1, 0.15) is 12.0 Å². The minimum absolute atomic E-state index is 0.0256. The number of amides is 1. The average Bonchev–Trinajstić information content (AvgIpc) is 3.04. The number of aromatic nitrogens is 1. The van der Waals surface area contributed by atoms with Gasteiger partial charge in [-0.05, 0) is 36.2 Å². The van der Waals surface area contributed by atoms with E-state index in [9.17, 15) is 9.59 Å². The second-order valence-electron chi connectivity index (χ2n) is 5.13. The van der Waals surface area contributed by atoms with E-state index in [1.807, 2.05) is 24.5 Å². The van der Waals surface area contributed by atoms with Crippen LogP contribution in [0.25, 0.3) is 0 Å². The van der Waals surface area contributed by atoms with Gasteiger partial charge in [-0.25, -0.2) is 0 Å². The number of nitrogens with one attached hydrogen (secondary N) is 1. The van der Waals surface area contributed by atoms with Gasteiger partial charge in [-0.3, -0.25) is 9.59 Å². The molecule has 0 aliphatic heterocycles. The van der Waals surface area contributed by atoms with Crippen molar-refractivity contribution in [2.24, 2.45) is 0 Å². The number of hydrogen-bond acceptors (Lipinski definition) is 3. The average molecular weight is 316 g/mol. The molecule has 6 nitrogen and oxygen atoms in total. The molecule has 1 heterocycles. The molecule has 0 radical (unpaired) electrons. The van der Waals surface area contributed by atoms with Crippen LogP contribution in [-0.4, -0.2) is 34.7 Å². The van der Waals surface area contributed by atoms with Gasteiger partial charge >= 0.3 is 5.97 Å². The lowest BCUT2D eigenvalue weighted by Gasteiger charge is -2.08. The topological polar surface area (TPSA) is 80.6 Å². The minimum Gasteiger partial charge on any atom is -0.484 e. The Morgan fingerprint density at radius 3 is 2.48 bits per heavy atom. The highest BCUT2D eigenvalue weighted by molar-refractivity contribution is 5.77. The monoisotopic (exact) mass is 316 g/mol. The highest BCUT2D eigenvalue weighted by Gasteiger charge is 2.04. The zero-order chi connectivity index (χ0) is 16.5. The molecule has 6 heteroatoms. The number of aliphatic carboxylic acids is 1. The first-order valence-electron chi connectivity index (χ1n) is 7.44. The van der Waals surface area contributed by atoms with Crippen molar-refractivity contribution in [1.29, 1.82) is 0 Å². The summed E-state index contributed by atoms with van der Waals surface area (Å²) in [6.45, 7) is 1.40. The van der Waals surface area contributed by atoms with Crippen LogP contribution >= 0.6 is 0 Å². The first-order valence-corrected chi connectivity index (χ1v) is 7.44. The van der Waals surface area contributed by atoms with Crippen molar-refractivity contribution in [2.45, 2.75) is 19.4 Å². The molecule has 1 aromatic carbocycles. The fraction of sp³-hybridized carbons (Fsp3) is 0.294. The predicted octanol–water partition coefficient (Wildman–Crippen LogP) is 1.70. The molecule has 2 N–H and O–H groups in total. The Balaban J connectivity index is 1.62. The molecule has 0 bridgehead atoms. The quantitative estimate of drug-likeness (QED) is 0.690. The molecule has 0 aliphatic carbocycles. The summed E-state index contributed by atoms with van der Waals surface area (Å²) in [4.78, 5) is 22.3. The Labute approximate surface area is 134 Å². The Kier molecular flexibility index (Phi) is 6.23. The van der Waals surface area contributed by atoms with Gasteiger partial charge in [0.25, 0.3) is 5.91 Å². The Morgan fingerprint density at radius 1 is 1.13 bits per heavy atom. The van der Waals surface area contributed by atoms with E-state index in [1.165, 1.54) is 0 Å². The SMILES string of the molecule is O=C(O)Cc1ccc(OCC(=O)NCCCn2cccc2)cc1. The van der Waals surface area contributed by atoms with Crippen LogP contribution < -0.4 is 10.1 Å². The molecule has 0 saturated carbocycles. The molecular weight excluding hydrogens is 296 g/mol. The number of carboxylic acids is 1. The lowest BCUT2D eigenvalue weighted by Crippen LogP contribution is -2.30. The fourth-order valence-corrected chi connectivity index (χ4v) is 2.09. The van der Waals surface area contributed by atoms with Crippen molar-refractivity contribution >= 4 is 11.9 Å². The molecule has 0 spiro atoms. The van der Waals surface area contributed by atoms with Gasteiger partial charge in [-0.1, -0.05) is 12.1 Å². The zero-order valence-corrected chi connectivity index (χ0v) is 12.8. The number of carboxylic acid groups (broad SMARTS) is 1. The Morgan fingerprint density at radius 2 is 1.83 bits per heavy atom. The van der Waals surface area contributed by atoms with Gasteiger partial charge in [0.2, 0.25) is 0 Å². The molecule has 2 rings (SSSR count). The van der Waals surface area contributed by atoms with Crippen molar-refractivity contribution < 1.29 is 19.4 Å². The van der Waals surface area contributed by atoms with Gasteiger partial charge in [0.15, 0.2) is 6.61 Å². The number of carbonyl (C=O) groups is 2.